The van der Waals surface area contributed by atoms with E-state index < -0.39 is 5.97 Å². The Morgan fingerprint density at radius 3 is 2.50 bits per heavy atom. The molecule has 0 amide bonds. The minimum atomic E-state index is -0.784. The lowest BCUT2D eigenvalue weighted by Crippen LogP contribution is -2.17. The van der Waals surface area contributed by atoms with Gasteiger partial charge in [-0.15, -0.1) is 0 Å². The van der Waals surface area contributed by atoms with Crippen molar-refractivity contribution in [1.29, 1.82) is 0 Å². The molecule has 176 valence electrons. The molecule has 0 saturated heterocycles. The van der Waals surface area contributed by atoms with Crippen molar-refractivity contribution in [2.45, 2.75) is 72.3 Å². The Balaban J connectivity index is 1.79. The zero-order valence-electron chi connectivity index (χ0n) is 19.8. The normalized spacial score (nSPS) is 12.0. The second-order valence-electron chi connectivity index (χ2n) is 8.71. The molecule has 2 N–H and O–H groups in total. The van der Waals surface area contributed by atoms with Crippen LogP contribution < -0.4 is 10.1 Å². The van der Waals surface area contributed by atoms with Crippen LogP contribution in [-0.2, 0) is 17.8 Å². The van der Waals surface area contributed by atoms with E-state index in [4.69, 9.17) is 9.84 Å². The number of unbranched alkanes of at least 4 members (excludes halogenated alkanes) is 1. The van der Waals surface area contributed by atoms with Crippen molar-refractivity contribution in [2.75, 3.05) is 13.2 Å². The smallest absolute Gasteiger partial charge is 0.304 e. The van der Waals surface area contributed by atoms with Crippen molar-refractivity contribution < 1.29 is 14.6 Å². The van der Waals surface area contributed by atoms with E-state index in [9.17, 15) is 4.79 Å². The predicted octanol–water partition coefficient (Wildman–Crippen LogP) is 6.84. The largest absolute Gasteiger partial charge is 0.492 e. The van der Waals surface area contributed by atoms with Gasteiger partial charge in [-0.1, -0.05) is 50.5 Å². The number of carboxylic acid groups (broad SMARTS) is 1. The van der Waals surface area contributed by atoms with Crippen molar-refractivity contribution in [3.8, 4) is 5.75 Å². The van der Waals surface area contributed by atoms with Crippen LogP contribution in [0.5, 0.6) is 5.75 Å². The molecule has 0 aliphatic rings. The standard InChI is InChI=1S/C27H38BrNO3/c1-4-5-7-22(17-23-10-9-20(2)21(3)16-23)8-6-15-32-26-12-11-24(18-25(26)28)19-29-14-13-27(30)31/h9-12,16,18,22,29H,4-8,13-15,17,19H2,1-3H3,(H,30,31). The highest BCUT2D eigenvalue weighted by Crippen LogP contribution is 2.27. The first-order valence-corrected chi connectivity index (χ1v) is 12.6. The van der Waals surface area contributed by atoms with Crippen LogP contribution >= 0.6 is 15.9 Å². The van der Waals surface area contributed by atoms with E-state index in [2.05, 4.69) is 60.2 Å². The lowest BCUT2D eigenvalue weighted by molar-refractivity contribution is -0.136. The predicted molar refractivity (Wildman–Crippen MR) is 135 cm³/mol. The average molecular weight is 505 g/mol. The molecule has 0 aliphatic carbocycles. The summed E-state index contributed by atoms with van der Waals surface area (Å²) in [4.78, 5) is 10.6. The summed E-state index contributed by atoms with van der Waals surface area (Å²) in [7, 11) is 0. The zero-order chi connectivity index (χ0) is 23.3. The SMILES string of the molecule is CCCCC(CCCOc1ccc(CNCCC(=O)O)cc1Br)Cc1ccc(C)c(C)c1. The first kappa shape index (κ1) is 26.4. The Bertz CT molecular complexity index is 853. The molecule has 2 aromatic carbocycles. The van der Waals surface area contributed by atoms with E-state index in [-0.39, 0.29) is 6.42 Å². The number of halogens is 1. The third-order valence-corrected chi connectivity index (χ3v) is 6.54. The first-order chi connectivity index (χ1) is 15.4. The van der Waals surface area contributed by atoms with Crippen molar-refractivity contribution in [3.05, 3.63) is 63.1 Å². The summed E-state index contributed by atoms with van der Waals surface area (Å²) in [6.07, 6.45) is 7.30. The highest BCUT2D eigenvalue weighted by Gasteiger charge is 2.11. The number of ether oxygens (including phenoxy) is 1. The fraction of sp³-hybridized carbons (Fsp3) is 0.519. The number of carboxylic acids is 1. The zero-order valence-corrected chi connectivity index (χ0v) is 21.3. The summed E-state index contributed by atoms with van der Waals surface area (Å²) in [6.45, 7) is 8.45. The molecule has 0 aromatic heterocycles. The van der Waals surface area contributed by atoms with E-state index >= 15 is 0 Å². The van der Waals surface area contributed by atoms with Crippen LogP contribution in [0.3, 0.4) is 0 Å². The van der Waals surface area contributed by atoms with Gasteiger partial charge in [0.25, 0.3) is 0 Å². The monoisotopic (exact) mass is 503 g/mol. The molecule has 2 rings (SSSR count). The maximum absolute atomic E-state index is 10.6. The Morgan fingerprint density at radius 1 is 1.06 bits per heavy atom. The van der Waals surface area contributed by atoms with Gasteiger partial charge in [-0.05, 0) is 89.3 Å². The van der Waals surface area contributed by atoms with E-state index in [1.807, 2.05) is 18.2 Å². The van der Waals surface area contributed by atoms with Crippen LogP contribution in [0.25, 0.3) is 0 Å². The molecule has 32 heavy (non-hydrogen) atoms. The quantitative estimate of drug-likeness (QED) is 0.261. The number of carbonyl (C=O) groups is 1. The third kappa shape index (κ3) is 9.74. The molecule has 5 heteroatoms. The molecule has 4 nitrogen and oxygen atoms in total. The topological polar surface area (TPSA) is 58.6 Å². The lowest BCUT2D eigenvalue weighted by atomic mass is 9.89. The number of hydrogen-bond acceptors (Lipinski definition) is 3. The van der Waals surface area contributed by atoms with Crippen LogP contribution in [0.1, 0.15) is 67.7 Å². The Labute approximate surface area is 201 Å². The van der Waals surface area contributed by atoms with Gasteiger partial charge in [-0.2, -0.15) is 0 Å². The average Bonchev–Trinajstić information content (AvgIpc) is 2.76. The summed E-state index contributed by atoms with van der Waals surface area (Å²) >= 11 is 3.60. The maximum atomic E-state index is 10.6. The summed E-state index contributed by atoms with van der Waals surface area (Å²) in [5.41, 5.74) is 5.29. The summed E-state index contributed by atoms with van der Waals surface area (Å²) in [5, 5.41) is 11.8. The fourth-order valence-corrected chi connectivity index (χ4v) is 4.40. The fourth-order valence-electron chi connectivity index (χ4n) is 3.86. The van der Waals surface area contributed by atoms with E-state index in [0.717, 1.165) is 28.6 Å². The molecule has 1 unspecified atom stereocenters. The van der Waals surface area contributed by atoms with E-state index in [1.54, 1.807) is 0 Å². The first-order valence-electron chi connectivity index (χ1n) is 11.8. The molecule has 1 atom stereocenters. The summed E-state index contributed by atoms with van der Waals surface area (Å²) in [6, 6.07) is 12.9. The van der Waals surface area contributed by atoms with E-state index in [0.29, 0.717) is 25.6 Å². The summed E-state index contributed by atoms with van der Waals surface area (Å²) < 4.78 is 6.98. The number of aryl methyl sites for hydroxylation is 2. The third-order valence-electron chi connectivity index (χ3n) is 5.92. The van der Waals surface area contributed by atoms with Gasteiger partial charge < -0.3 is 15.2 Å². The number of rotatable bonds is 15. The number of nitrogens with one attached hydrogen (secondary N) is 1. The van der Waals surface area contributed by atoms with Crippen LogP contribution in [-0.4, -0.2) is 24.2 Å². The van der Waals surface area contributed by atoms with Crippen LogP contribution in [0.15, 0.2) is 40.9 Å². The molecular formula is C27H38BrNO3. The molecule has 2 aromatic rings. The Morgan fingerprint density at radius 2 is 1.81 bits per heavy atom. The minimum absolute atomic E-state index is 0.130. The molecule has 0 fully saturated rings. The van der Waals surface area contributed by atoms with Crippen LogP contribution in [0.4, 0.5) is 0 Å². The number of aliphatic carboxylic acids is 1. The van der Waals surface area contributed by atoms with E-state index in [1.165, 1.54) is 42.4 Å². The lowest BCUT2D eigenvalue weighted by Gasteiger charge is -2.18. The minimum Gasteiger partial charge on any atom is -0.492 e. The highest BCUT2D eigenvalue weighted by molar-refractivity contribution is 9.10. The van der Waals surface area contributed by atoms with Gasteiger partial charge in [-0.25, -0.2) is 0 Å². The van der Waals surface area contributed by atoms with Gasteiger partial charge in [0, 0.05) is 13.1 Å². The van der Waals surface area contributed by atoms with Gasteiger partial charge in [0.05, 0.1) is 17.5 Å². The van der Waals surface area contributed by atoms with Crippen LogP contribution in [0, 0.1) is 19.8 Å². The van der Waals surface area contributed by atoms with Gasteiger partial charge >= 0.3 is 5.97 Å². The molecule has 0 aliphatic heterocycles. The number of benzene rings is 2. The van der Waals surface area contributed by atoms with Crippen LogP contribution in [0.2, 0.25) is 0 Å². The van der Waals surface area contributed by atoms with Crippen molar-refractivity contribution >= 4 is 21.9 Å². The van der Waals surface area contributed by atoms with Gasteiger partial charge in [0.2, 0.25) is 0 Å². The molecule has 0 radical (unpaired) electrons. The maximum Gasteiger partial charge on any atom is 0.304 e. The van der Waals surface area contributed by atoms with Gasteiger partial charge in [0.1, 0.15) is 5.75 Å². The Hall–Kier alpha value is -1.85. The van der Waals surface area contributed by atoms with Crippen molar-refractivity contribution in [3.63, 3.8) is 0 Å². The van der Waals surface area contributed by atoms with Gasteiger partial charge in [0.15, 0.2) is 0 Å². The molecule has 0 saturated carbocycles. The second kappa shape index (κ2) is 14.3. The molecule has 0 bridgehead atoms. The second-order valence-corrected chi connectivity index (χ2v) is 9.56. The number of hydrogen-bond donors (Lipinski definition) is 2. The molecule has 0 spiro atoms. The van der Waals surface area contributed by atoms with Crippen molar-refractivity contribution in [1.82, 2.24) is 5.32 Å². The molecular weight excluding hydrogens is 466 g/mol. The Kier molecular flexibility index (Phi) is 11.8. The van der Waals surface area contributed by atoms with Crippen molar-refractivity contribution in [2.24, 2.45) is 5.92 Å². The van der Waals surface area contributed by atoms with Gasteiger partial charge in [-0.3, -0.25) is 4.79 Å². The summed E-state index contributed by atoms with van der Waals surface area (Å²) in [5.74, 6) is 0.773. The highest BCUT2D eigenvalue weighted by atomic mass is 79.9. The molecule has 0 heterocycles.